The summed E-state index contributed by atoms with van der Waals surface area (Å²) in [4.78, 5) is 11.7. The lowest BCUT2D eigenvalue weighted by molar-refractivity contribution is 0.00319. The van der Waals surface area contributed by atoms with Crippen molar-refractivity contribution in [2.24, 2.45) is 0 Å². The molecule has 94 valence electrons. The Hall–Kier alpha value is -0.980. The minimum Gasteiger partial charge on any atom is -0.393 e. The molecule has 0 saturated carbocycles. The summed E-state index contributed by atoms with van der Waals surface area (Å²) in [6, 6.07) is 4.10. The molecule has 0 heterocycles. The normalized spacial score (nSPS) is 14.2. The van der Waals surface area contributed by atoms with Crippen LogP contribution in [0.2, 0.25) is 0 Å². The maximum Gasteiger partial charge on any atom is 0.252 e. The molecule has 6 heteroatoms. The molecular formula is C11H13BrFNO3. The van der Waals surface area contributed by atoms with Crippen LogP contribution in [-0.4, -0.2) is 34.9 Å². The zero-order chi connectivity index (χ0) is 13.1. The van der Waals surface area contributed by atoms with Crippen molar-refractivity contribution in [3.63, 3.8) is 0 Å². The van der Waals surface area contributed by atoms with E-state index in [2.05, 4.69) is 21.2 Å². The van der Waals surface area contributed by atoms with Crippen LogP contribution >= 0.6 is 15.9 Å². The van der Waals surface area contributed by atoms with E-state index in [1.165, 1.54) is 25.1 Å². The van der Waals surface area contributed by atoms with Gasteiger partial charge < -0.3 is 15.5 Å². The second kappa shape index (κ2) is 5.57. The molecule has 1 aromatic rings. The van der Waals surface area contributed by atoms with Crippen molar-refractivity contribution in [2.75, 3.05) is 13.2 Å². The van der Waals surface area contributed by atoms with Crippen LogP contribution in [0.25, 0.3) is 0 Å². The van der Waals surface area contributed by atoms with Gasteiger partial charge in [0.25, 0.3) is 5.91 Å². The van der Waals surface area contributed by atoms with E-state index in [1.54, 1.807) is 0 Å². The van der Waals surface area contributed by atoms with Gasteiger partial charge in [0, 0.05) is 6.54 Å². The minimum atomic E-state index is -1.39. The first-order valence-electron chi connectivity index (χ1n) is 4.93. The van der Waals surface area contributed by atoms with Crippen molar-refractivity contribution < 1.29 is 19.4 Å². The summed E-state index contributed by atoms with van der Waals surface area (Å²) >= 11 is 2.97. The minimum absolute atomic E-state index is 0.0705. The number of hydrogen-bond donors (Lipinski definition) is 3. The fourth-order valence-corrected chi connectivity index (χ4v) is 1.55. The first-order chi connectivity index (χ1) is 7.87. The van der Waals surface area contributed by atoms with Crippen LogP contribution in [0, 0.1) is 5.82 Å². The quantitative estimate of drug-likeness (QED) is 0.779. The van der Waals surface area contributed by atoms with Gasteiger partial charge in [-0.3, -0.25) is 4.79 Å². The Balaban J connectivity index is 2.74. The van der Waals surface area contributed by atoms with Gasteiger partial charge in [0.1, 0.15) is 11.4 Å². The highest BCUT2D eigenvalue weighted by Crippen LogP contribution is 2.20. The van der Waals surface area contributed by atoms with Gasteiger partial charge >= 0.3 is 0 Å². The molecule has 17 heavy (non-hydrogen) atoms. The van der Waals surface area contributed by atoms with Gasteiger partial charge in [0.2, 0.25) is 0 Å². The fraction of sp³-hybridized carbons (Fsp3) is 0.364. The number of aliphatic hydroxyl groups excluding tert-OH is 1. The molecule has 1 rings (SSSR count). The molecule has 0 spiro atoms. The summed E-state index contributed by atoms with van der Waals surface area (Å²) in [5.41, 5.74) is -1.26. The summed E-state index contributed by atoms with van der Waals surface area (Å²) in [5.74, 6) is -1.06. The average Bonchev–Trinajstić information content (AvgIpc) is 2.30. The summed E-state index contributed by atoms with van der Waals surface area (Å²) in [6.45, 7) is 0.788. The van der Waals surface area contributed by atoms with E-state index in [0.717, 1.165) is 0 Å². The number of aliphatic hydroxyl groups is 2. The van der Waals surface area contributed by atoms with Crippen LogP contribution in [0.4, 0.5) is 4.39 Å². The molecule has 0 fully saturated rings. The van der Waals surface area contributed by atoms with Gasteiger partial charge in [-0.1, -0.05) is 6.07 Å². The molecular weight excluding hydrogens is 293 g/mol. The molecule has 0 saturated heterocycles. The van der Waals surface area contributed by atoms with E-state index in [0.29, 0.717) is 0 Å². The molecule has 0 aromatic heterocycles. The summed E-state index contributed by atoms with van der Waals surface area (Å²) in [7, 11) is 0. The molecule has 1 amide bonds. The Kier molecular flexibility index (Phi) is 4.62. The second-order valence-electron chi connectivity index (χ2n) is 3.94. The van der Waals surface area contributed by atoms with Gasteiger partial charge in [-0.2, -0.15) is 0 Å². The first-order valence-corrected chi connectivity index (χ1v) is 5.72. The van der Waals surface area contributed by atoms with E-state index in [1.807, 2.05) is 0 Å². The summed E-state index contributed by atoms with van der Waals surface area (Å²) < 4.78 is 13.2. The van der Waals surface area contributed by atoms with Crippen LogP contribution in [0.3, 0.4) is 0 Å². The maximum atomic E-state index is 13.2. The van der Waals surface area contributed by atoms with Crippen LogP contribution in [0.5, 0.6) is 0 Å². The molecule has 1 aromatic carbocycles. The molecule has 0 bridgehead atoms. The lowest BCUT2D eigenvalue weighted by Crippen LogP contribution is -2.43. The van der Waals surface area contributed by atoms with Gasteiger partial charge in [0.05, 0.1) is 16.6 Å². The monoisotopic (exact) mass is 305 g/mol. The van der Waals surface area contributed by atoms with Crippen LogP contribution in [-0.2, 0) is 0 Å². The number of benzene rings is 1. The van der Waals surface area contributed by atoms with Gasteiger partial charge in [-0.15, -0.1) is 0 Å². The number of amides is 1. The molecule has 1 atom stereocenters. The third-order valence-electron chi connectivity index (χ3n) is 2.17. The van der Waals surface area contributed by atoms with Crippen molar-refractivity contribution in [3.8, 4) is 0 Å². The third kappa shape index (κ3) is 3.76. The number of hydrogen-bond acceptors (Lipinski definition) is 3. The lowest BCUT2D eigenvalue weighted by atomic mass is 10.1. The standard InChI is InChI=1S/C11H13BrFNO3/c1-11(17,6-15)5-14-10(16)7-3-2-4-8(13)9(7)12/h2-4,15,17H,5-6H2,1H3,(H,14,16). The summed E-state index contributed by atoms with van der Waals surface area (Å²) in [5, 5.41) is 20.7. The number of nitrogens with one attached hydrogen (secondary N) is 1. The van der Waals surface area contributed by atoms with Crippen molar-refractivity contribution in [1.29, 1.82) is 0 Å². The molecule has 1 unspecified atom stereocenters. The Morgan fingerprint density at radius 3 is 2.82 bits per heavy atom. The first kappa shape index (κ1) is 14.1. The van der Waals surface area contributed by atoms with E-state index < -0.39 is 23.9 Å². The number of rotatable bonds is 4. The Morgan fingerprint density at radius 1 is 1.59 bits per heavy atom. The zero-order valence-corrected chi connectivity index (χ0v) is 10.8. The SMILES string of the molecule is CC(O)(CO)CNC(=O)c1cccc(F)c1Br. The van der Waals surface area contributed by atoms with Crippen molar-refractivity contribution in [1.82, 2.24) is 5.32 Å². The van der Waals surface area contributed by atoms with Gasteiger partial charge in [-0.05, 0) is 35.0 Å². The molecule has 0 radical (unpaired) electrons. The van der Waals surface area contributed by atoms with Crippen LogP contribution in [0.1, 0.15) is 17.3 Å². The van der Waals surface area contributed by atoms with E-state index in [-0.39, 0.29) is 16.6 Å². The van der Waals surface area contributed by atoms with Crippen LogP contribution in [0.15, 0.2) is 22.7 Å². The van der Waals surface area contributed by atoms with Gasteiger partial charge in [0.15, 0.2) is 0 Å². The molecule has 4 nitrogen and oxygen atoms in total. The van der Waals surface area contributed by atoms with Crippen molar-refractivity contribution in [2.45, 2.75) is 12.5 Å². The highest BCUT2D eigenvalue weighted by molar-refractivity contribution is 9.10. The van der Waals surface area contributed by atoms with E-state index >= 15 is 0 Å². The smallest absolute Gasteiger partial charge is 0.252 e. The lowest BCUT2D eigenvalue weighted by Gasteiger charge is -2.20. The van der Waals surface area contributed by atoms with Crippen LogP contribution < -0.4 is 5.32 Å². The largest absolute Gasteiger partial charge is 0.393 e. The zero-order valence-electron chi connectivity index (χ0n) is 9.20. The third-order valence-corrected chi connectivity index (χ3v) is 2.97. The Labute approximate surface area is 107 Å². The Bertz CT molecular complexity index is 423. The predicted molar refractivity (Wildman–Crippen MR) is 64.1 cm³/mol. The Morgan fingerprint density at radius 2 is 2.24 bits per heavy atom. The number of carbonyl (C=O) groups is 1. The van der Waals surface area contributed by atoms with E-state index in [4.69, 9.17) is 5.11 Å². The fourth-order valence-electron chi connectivity index (χ4n) is 1.10. The maximum absolute atomic E-state index is 13.2. The average molecular weight is 306 g/mol. The van der Waals surface area contributed by atoms with Crippen molar-refractivity contribution >= 4 is 21.8 Å². The van der Waals surface area contributed by atoms with Gasteiger partial charge in [-0.25, -0.2) is 4.39 Å². The molecule has 0 aliphatic heterocycles. The summed E-state index contributed by atoms with van der Waals surface area (Å²) in [6.07, 6.45) is 0. The molecule has 0 aliphatic carbocycles. The second-order valence-corrected chi connectivity index (χ2v) is 4.73. The predicted octanol–water partition coefficient (Wildman–Crippen LogP) is 1.06. The number of carbonyl (C=O) groups excluding carboxylic acids is 1. The van der Waals surface area contributed by atoms with E-state index in [9.17, 15) is 14.3 Å². The molecule has 0 aliphatic rings. The number of halogens is 2. The van der Waals surface area contributed by atoms with Crippen molar-refractivity contribution in [3.05, 3.63) is 34.1 Å². The highest BCUT2D eigenvalue weighted by Gasteiger charge is 2.21. The molecule has 3 N–H and O–H groups in total. The highest BCUT2D eigenvalue weighted by atomic mass is 79.9. The topological polar surface area (TPSA) is 69.6 Å².